The van der Waals surface area contributed by atoms with Crippen molar-refractivity contribution >= 4 is 46.9 Å². The van der Waals surface area contributed by atoms with E-state index in [1.165, 1.54) is 22.2 Å². The van der Waals surface area contributed by atoms with Crippen LogP contribution in [0.1, 0.15) is 69.9 Å². The third-order valence-corrected chi connectivity index (χ3v) is 11.0. The van der Waals surface area contributed by atoms with Crippen LogP contribution in [0.2, 0.25) is 0 Å². The van der Waals surface area contributed by atoms with Crippen molar-refractivity contribution in [2.45, 2.75) is 76.6 Å². The number of β-lactam (4-membered cyclic amide) rings is 1. The zero-order valence-corrected chi connectivity index (χ0v) is 31.5. The van der Waals surface area contributed by atoms with Crippen molar-refractivity contribution in [2.75, 3.05) is 18.9 Å². The summed E-state index contributed by atoms with van der Waals surface area (Å²) in [6.07, 6.45) is 11.5. The Bertz CT molecular complexity index is 1790. The van der Waals surface area contributed by atoms with Gasteiger partial charge in [-0.3, -0.25) is 14.5 Å². The number of amides is 2. The smallest absolute Gasteiger partial charge is 0.352 e. The van der Waals surface area contributed by atoms with Gasteiger partial charge in [-0.2, -0.15) is 0 Å². The molecule has 10 nitrogen and oxygen atoms in total. The molecule has 2 aromatic rings. The fraction of sp³-hybridized carbons (Fsp3) is 0.400. The summed E-state index contributed by atoms with van der Waals surface area (Å²) in [7, 11) is 0. The van der Waals surface area contributed by atoms with Gasteiger partial charge in [0.15, 0.2) is 6.61 Å². The molecular weight excluding hydrogens is 699 g/mol. The molecule has 1 saturated heterocycles. The molecule has 0 radical (unpaired) electrons. The van der Waals surface area contributed by atoms with Crippen LogP contribution in [0.25, 0.3) is 0 Å². The highest BCUT2D eigenvalue weighted by Gasteiger charge is 2.54. The van der Waals surface area contributed by atoms with Crippen LogP contribution in [-0.4, -0.2) is 68.4 Å². The molecule has 2 aliphatic heterocycles. The molecule has 0 unspecified atom stereocenters. The lowest BCUT2D eigenvalue weighted by Gasteiger charge is -2.49. The minimum absolute atomic E-state index is 0.109. The second kappa shape index (κ2) is 17.8. The van der Waals surface area contributed by atoms with Crippen LogP contribution in [0.5, 0.6) is 17.2 Å². The number of allylic oxidation sites excluding steroid dienone is 4. The van der Waals surface area contributed by atoms with Gasteiger partial charge in [-0.1, -0.05) is 73.9 Å². The van der Waals surface area contributed by atoms with E-state index in [1.807, 2.05) is 25.1 Å². The van der Waals surface area contributed by atoms with Gasteiger partial charge in [-0.15, -0.1) is 11.8 Å². The lowest BCUT2D eigenvalue weighted by atomic mass is 9.73. The van der Waals surface area contributed by atoms with E-state index in [4.69, 9.17) is 21.7 Å². The van der Waals surface area contributed by atoms with Crippen LogP contribution < -0.4 is 20.1 Å². The standard InChI is InChI=1S/C40H47N3O7S2/c1-5-6-8-12-26-20-31(44)34(30-19-25(4)16-17-29(30)24(2)3)32(21-26)50-40(51)41-18-11-13-27-23-52-38-35(37(46)43(38)36(27)39(47)48)42-33(45)22-49-28-14-9-7-10-15-28/h7,9-11,13-15,19-21,29-30,35,38,44H,2,5-6,8,12,16-18,22-23H2,1,3-4H3,(H,41,51)(H,42,45)(H,47,48)/b13-11+/t29-,30+,35+,38+/m0/s1. The molecular formula is C40H47N3O7S2. The first kappa shape index (κ1) is 38.7. The molecule has 1 aliphatic carbocycles. The maximum absolute atomic E-state index is 13.1. The van der Waals surface area contributed by atoms with Gasteiger partial charge in [0.05, 0.1) is 0 Å². The number of benzene rings is 2. The van der Waals surface area contributed by atoms with Crippen LogP contribution in [0.3, 0.4) is 0 Å². The normalized spacial score (nSPS) is 21.2. The molecule has 52 heavy (non-hydrogen) atoms. The second-order valence-corrected chi connectivity index (χ2v) is 14.9. The zero-order chi connectivity index (χ0) is 37.4. The highest BCUT2D eigenvalue weighted by Crippen LogP contribution is 2.47. The lowest BCUT2D eigenvalue weighted by Crippen LogP contribution is -2.70. The molecule has 0 bridgehead atoms. The van der Waals surface area contributed by atoms with Gasteiger partial charge < -0.3 is 30.3 Å². The van der Waals surface area contributed by atoms with Crippen molar-refractivity contribution in [3.63, 3.8) is 0 Å². The van der Waals surface area contributed by atoms with Gasteiger partial charge in [-0.25, -0.2) is 4.79 Å². The van der Waals surface area contributed by atoms with Gasteiger partial charge in [0, 0.05) is 23.8 Å². The summed E-state index contributed by atoms with van der Waals surface area (Å²) >= 11 is 6.97. The van der Waals surface area contributed by atoms with E-state index >= 15 is 0 Å². The number of nitrogens with one attached hydrogen (secondary N) is 2. The first-order valence-electron chi connectivity index (χ1n) is 17.7. The number of phenols is 1. The molecule has 0 saturated carbocycles. The summed E-state index contributed by atoms with van der Waals surface area (Å²) in [6.45, 7) is 10.5. The number of nitrogens with zero attached hydrogens (tertiary/aromatic N) is 1. The number of carboxylic acids is 1. The Morgan fingerprint density at radius 3 is 2.67 bits per heavy atom. The number of ether oxygens (including phenoxy) is 2. The van der Waals surface area contributed by atoms with E-state index in [2.05, 4.69) is 37.1 Å². The van der Waals surface area contributed by atoms with Gasteiger partial charge >= 0.3 is 5.97 Å². The highest BCUT2D eigenvalue weighted by atomic mass is 32.2. The number of hydrogen-bond acceptors (Lipinski definition) is 8. The summed E-state index contributed by atoms with van der Waals surface area (Å²) in [5.41, 5.74) is 4.31. The van der Waals surface area contributed by atoms with Gasteiger partial charge in [0.25, 0.3) is 17.0 Å². The molecule has 276 valence electrons. The van der Waals surface area contributed by atoms with E-state index in [0.717, 1.165) is 49.7 Å². The predicted molar refractivity (Wildman–Crippen MR) is 207 cm³/mol. The van der Waals surface area contributed by atoms with E-state index in [9.17, 15) is 24.6 Å². The number of phenolic OH excluding ortho intramolecular Hbond substituents is 1. The topological polar surface area (TPSA) is 137 Å². The molecule has 4 N–H and O–H groups in total. The minimum atomic E-state index is -1.23. The van der Waals surface area contributed by atoms with Crippen molar-refractivity contribution in [1.82, 2.24) is 15.5 Å². The molecule has 0 aromatic heterocycles. The molecule has 0 spiro atoms. The third-order valence-electron chi connectivity index (χ3n) is 9.48. The van der Waals surface area contributed by atoms with E-state index in [1.54, 1.807) is 36.4 Å². The average Bonchev–Trinajstić information content (AvgIpc) is 3.11. The number of carbonyl (C=O) groups is 3. The number of carboxylic acid groups (broad SMARTS) is 1. The van der Waals surface area contributed by atoms with E-state index in [-0.39, 0.29) is 41.6 Å². The zero-order valence-electron chi connectivity index (χ0n) is 29.9. The summed E-state index contributed by atoms with van der Waals surface area (Å²) in [5.74, 6) is -0.611. The first-order chi connectivity index (χ1) is 25.0. The Kier molecular flexibility index (Phi) is 13.2. The number of aryl methyl sites for hydroxylation is 1. The summed E-state index contributed by atoms with van der Waals surface area (Å²) < 4.78 is 11.7. The van der Waals surface area contributed by atoms with Gasteiger partial charge in [-0.05, 0) is 93.1 Å². The number of rotatable bonds is 15. The van der Waals surface area contributed by atoms with E-state index < -0.39 is 29.2 Å². The summed E-state index contributed by atoms with van der Waals surface area (Å²) in [4.78, 5) is 39.1. The third kappa shape index (κ3) is 9.27. The SMILES string of the molecule is C=C(C)[C@@H]1CCC(C)=C[C@H]1c1c(O)cc(CCCCC)cc1OC(=S)NC/C=C/C1=C(C(=O)O)N2C(=O)[C@@H](NC(=O)COc3ccccc3)[C@H]2SC1. The number of aliphatic carboxylic acids is 1. The lowest BCUT2D eigenvalue weighted by molar-refractivity contribution is -0.150. The minimum Gasteiger partial charge on any atom is -0.507 e. The van der Waals surface area contributed by atoms with Crippen molar-refractivity contribution in [3.05, 3.63) is 101 Å². The van der Waals surface area contributed by atoms with Crippen LogP contribution in [0.15, 0.2) is 89.7 Å². The maximum Gasteiger partial charge on any atom is 0.352 e. The highest BCUT2D eigenvalue weighted by molar-refractivity contribution is 8.00. The molecule has 3 aliphatic rings. The van der Waals surface area contributed by atoms with Crippen molar-refractivity contribution < 1.29 is 34.1 Å². The number of fused-ring (bicyclic) bond motifs is 1. The number of carbonyl (C=O) groups excluding carboxylic acids is 2. The maximum atomic E-state index is 13.1. The Morgan fingerprint density at radius 1 is 1.19 bits per heavy atom. The van der Waals surface area contributed by atoms with Crippen LogP contribution in [-0.2, 0) is 20.8 Å². The number of para-hydroxylation sites is 1. The van der Waals surface area contributed by atoms with Crippen LogP contribution >= 0.6 is 24.0 Å². The molecule has 12 heteroatoms. The number of aromatic hydroxyl groups is 1. The first-order valence-corrected chi connectivity index (χ1v) is 19.1. The number of hydrogen-bond donors (Lipinski definition) is 4. The molecule has 4 atom stereocenters. The largest absolute Gasteiger partial charge is 0.507 e. The predicted octanol–water partition coefficient (Wildman–Crippen LogP) is 6.77. The average molecular weight is 746 g/mol. The van der Waals surface area contributed by atoms with Gasteiger partial charge in [0.2, 0.25) is 0 Å². The van der Waals surface area contributed by atoms with Crippen molar-refractivity contribution in [3.8, 4) is 17.2 Å². The molecule has 5 rings (SSSR count). The monoisotopic (exact) mass is 745 g/mol. The molecule has 2 heterocycles. The molecule has 1 fully saturated rings. The molecule has 2 aromatic carbocycles. The fourth-order valence-corrected chi connectivity index (χ4v) is 8.34. The second-order valence-electron chi connectivity index (χ2n) is 13.4. The quantitative estimate of drug-likeness (QED) is 0.0670. The summed E-state index contributed by atoms with van der Waals surface area (Å²) in [5, 5.41) is 26.8. The van der Waals surface area contributed by atoms with Gasteiger partial charge in [0.1, 0.15) is 34.4 Å². The number of unbranched alkanes of at least 4 members (excludes halogenated alkanes) is 2. The fourth-order valence-electron chi connectivity index (χ4n) is 6.85. The Labute approximate surface area is 315 Å². The van der Waals surface area contributed by atoms with Crippen LogP contribution in [0, 0.1) is 5.92 Å². The van der Waals surface area contributed by atoms with Crippen molar-refractivity contribution in [1.29, 1.82) is 0 Å². The Hall–Kier alpha value is -4.55. The number of thiocarbonyl (C=S) groups is 1. The Balaban J connectivity index is 1.24. The molecule has 2 amide bonds. The van der Waals surface area contributed by atoms with Crippen LogP contribution in [0.4, 0.5) is 0 Å². The van der Waals surface area contributed by atoms with Crippen molar-refractivity contribution in [2.24, 2.45) is 5.92 Å². The summed E-state index contributed by atoms with van der Waals surface area (Å²) in [6, 6.07) is 11.8. The number of thioether (sulfide) groups is 1. The Morgan fingerprint density at radius 2 is 1.96 bits per heavy atom. The van der Waals surface area contributed by atoms with E-state index in [0.29, 0.717) is 28.4 Å².